The Morgan fingerprint density at radius 2 is 1.82 bits per heavy atom. The Bertz CT molecular complexity index is 354. The van der Waals surface area contributed by atoms with Crippen LogP contribution in [0.25, 0.3) is 0 Å². The lowest BCUT2D eigenvalue weighted by Crippen LogP contribution is -2.42. The number of ether oxygens (including phenoxy) is 2. The van der Waals surface area contributed by atoms with Crippen LogP contribution in [-0.4, -0.2) is 19.0 Å². The summed E-state index contributed by atoms with van der Waals surface area (Å²) in [7, 11) is 0. The van der Waals surface area contributed by atoms with Crippen LogP contribution in [0.3, 0.4) is 0 Å². The van der Waals surface area contributed by atoms with Crippen LogP contribution in [0.4, 0.5) is 0 Å². The molecule has 1 aliphatic heterocycles. The molecule has 1 heterocycles. The summed E-state index contributed by atoms with van der Waals surface area (Å²) in [5.41, 5.74) is 1.40. The Morgan fingerprint density at radius 3 is 2.59 bits per heavy atom. The second-order valence-corrected chi connectivity index (χ2v) is 5.14. The molecule has 0 bridgehead atoms. The molecule has 3 rings (SSSR count). The third-order valence-corrected chi connectivity index (χ3v) is 4.05. The van der Waals surface area contributed by atoms with E-state index in [4.69, 9.17) is 9.47 Å². The average Bonchev–Trinajstić information content (AvgIpc) is 2.83. The molecule has 1 saturated carbocycles. The van der Waals surface area contributed by atoms with E-state index in [1.807, 2.05) is 0 Å². The highest BCUT2D eigenvalue weighted by atomic mass is 16.7. The van der Waals surface area contributed by atoms with Gasteiger partial charge in [0.2, 0.25) is 0 Å². The van der Waals surface area contributed by atoms with Crippen molar-refractivity contribution in [1.29, 1.82) is 0 Å². The molecule has 1 spiro atoms. The Kier molecular flexibility index (Phi) is 3.17. The minimum absolute atomic E-state index is 0.256. The first-order valence-electron chi connectivity index (χ1n) is 6.71. The van der Waals surface area contributed by atoms with E-state index in [1.165, 1.54) is 24.8 Å². The van der Waals surface area contributed by atoms with Crippen LogP contribution in [0.5, 0.6) is 0 Å². The van der Waals surface area contributed by atoms with Gasteiger partial charge in [0.15, 0.2) is 5.79 Å². The van der Waals surface area contributed by atoms with Gasteiger partial charge in [0.05, 0.1) is 13.2 Å². The molecule has 2 heteroatoms. The van der Waals surface area contributed by atoms with E-state index in [0.29, 0.717) is 5.92 Å². The van der Waals surface area contributed by atoms with Gasteiger partial charge in [-0.1, -0.05) is 36.8 Å². The minimum Gasteiger partial charge on any atom is -0.347 e. The molecule has 0 aromatic heterocycles. The number of hydrogen-bond acceptors (Lipinski definition) is 2. The van der Waals surface area contributed by atoms with Gasteiger partial charge in [-0.25, -0.2) is 0 Å². The van der Waals surface area contributed by atoms with Crippen molar-refractivity contribution >= 4 is 0 Å². The maximum Gasteiger partial charge on any atom is 0.171 e. The third-order valence-electron chi connectivity index (χ3n) is 4.05. The lowest BCUT2D eigenvalue weighted by Gasteiger charge is -2.39. The maximum absolute atomic E-state index is 5.94. The monoisotopic (exact) mass is 232 g/mol. The highest BCUT2D eigenvalue weighted by Gasteiger charge is 2.45. The molecular formula is C15H20O2. The SMILES string of the molecule is c1ccc(C[C@H]2CCCCC23OCCO3)cc1. The summed E-state index contributed by atoms with van der Waals surface area (Å²) in [6.45, 7) is 1.54. The highest BCUT2D eigenvalue weighted by molar-refractivity contribution is 5.16. The van der Waals surface area contributed by atoms with Crippen LogP contribution >= 0.6 is 0 Å². The molecule has 0 radical (unpaired) electrons. The van der Waals surface area contributed by atoms with Crippen molar-refractivity contribution in [2.24, 2.45) is 5.92 Å². The zero-order valence-electron chi connectivity index (χ0n) is 10.2. The minimum atomic E-state index is -0.256. The molecule has 92 valence electrons. The van der Waals surface area contributed by atoms with Crippen molar-refractivity contribution in [1.82, 2.24) is 0 Å². The molecule has 0 unspecified atom stereocenters. The van der Waals surface area contributed by atoms with Crippen molar-refractivity contribution in [3.05, 3.63) is 35.9 Å². The van der Waals surface area contributed by atoms with E-state index in [9.17, 15) is 0 Å². The van der Waals surface area contributed by atoms with Crippen molar-refractivity contribution in [3.63, 3.8) is 0 Å². The van der Waals surface area contributed by atoms with E-state index in [0.717, 1.165) is 26.1 Å². The second-order valence-electron chi connectivity index (χ2n) is 5.14. The third kappa shape index (κ3) is 2.24. The van der Waals surface area contributed by atoms with E-state index < -0.39 is 0 Å². The van der Waals surface area contributed by atoms with Gasteiger partial charge in [-0.2, -0.15) is 0 Å². The van der Waals surface area contributed by atoms with Gasteiger partial charge in [-0.3, -0.25) is 0 Å². The first-order chi connectivity index (χ1) is 8.39. The molecule has 2 nitrogen and oxygen atoms in total. The molecule has 1 aromatic rings. The van der Waals surface area contributed by atoms with Crippen molar-refractivity contribution in [2.75, 3.05) is 13.2 Å². The van der Waals surface area contributed by atoms with E-state index in [-0.39, 0.29) is 5.79 Å². The smallest absolute Gasteiger partial charge is 0.171 e. The molecular weight excluding hydrogens is 212 g/mol. The van der Waals surface area contributed by atoms with E-state index >= 15 is 0 Å². The summed E-state index contributed by atoms with van der Waals surface area (Å²) >= 11 is 0. The molecule has 1 atom stereocenters. The molecule has 1 aromatic carbocycles. The van der Waals surface area contributed by atoms with Crippen LogP contribution in [0, 0.1) is 5.92 Å². The fourth-order valence-electron chi connectivity index (χ4n) is 3.19. The topological polar surface area (TPSA) is 18.5 Å². The fraction of sp³-hybridized carbons (Fsp3) is 0.600. The zero-order valence-corrected chi connectivity index (χ0v) is 10.2. The first kappa shape index (κ1) is 11.2. The highest BCUT2D eigenvalue weighted by Crippen LogP contribution is 2.41. The maximum atomic E-state index is 5.94. The Labute approximate surface area is 103 Å². The lowest BCUT2D eigenvalue weighted by molar-refractivity contribution is -0.212. The largest absolute Gasteiger partial charge is 0.347 e. The predicted octanol–water partition coefficient (Wildman–Crippen LogP) is 3.16. The molecule has 1 saturated heterocycles. The number of benzene rings is 1. The molecule has 17 heavy (non-hydrogen) atoms. The number of hydrogen-bond donors (Lipinski definition) is 0. The van der Waals surface area contributed by atoms with Gasteiger partial charge in [-0.15, -0.1) is 0 Å². The molecule has 2 fully saturated rings. The fourth-order valence-corrected chi connectivity index (χ4v) is 3.19. The molecule has 0 N–H and O–H groups in total. The van der Waals surface area contributed by atoms with Gasteiger partial charge in [0.1, 0.15) is 0 Å². The molecule has 2 aliphatic rings. The van der Waals surface area contributed by atoms with Crippen LogP contribution in [-0.2, 0) is 15.9 Å². The van der Waals surface area contributed by atoms with Crippen LogP contribution in [0.15, 0.2) is 30.3 Å². The quantitative estimate of drug-likeness (QED) is 0.779. The normalized spacial score (nSPS) is 27.4. The van der Waals surface area contributed by atoms with Crippen molar-refractivity contribution in [2.45, 2.75) is 37.9 Å². The predicted molar refractivity (Wildman–Crippen MR) is 66.7 cm³/mol. The summed E-state index contributed by atoms with van der Waals surface area (Å²) in [6.07, 6.45) is 5.94. The van der Waals surface area contributed by atoms with Gasteiger partial charge < -0.3 is 9.47 Å². The standard InChI is InChI=1S/C15H20O2/c1-2-6-13(7-3-1)12-14-8-4-5-9-15(14)16-10-11-17-15/h1-3,6-7,14H,4-5,8-12H2/t14-/m1/s1. The van der Waals surface area contributed by atoms with Crippen molar-refractivity contribution in [3.8, 4) is 0 Å². The van der Waals surface area contributed by atoms with Gasteiger partial charge in [-0.05, 0) is 24.8 Å². The summed E-state index contributed by atoms with van der Waals surface area (Å²) in [4.78, 5) is 0. The van der Waals surface area contributed by atoms with Gasteiger partial charge in [0, 0.05) is 12.3 Å². The first-order valence-corrected chi connectivity index (χ1v) is 6.71. The summed E-state index contributed by atoms with van der Waals surface area (Å²) in [5, 5.41) is 0. The van der Waals surface area contributed by atoms with Crippen LogP contribution in [0.2, 0.25) is 0 Å². The Morgan fingerprint density at radius 1 is 1.06 bits per heavy atom. The lowest BCUT2D eigenvalue weighted by atomic mass is 9.79. The number of rotatable bonds is 2. The van der Waals surface area contributed by atoms with E-state index in [2.05, 4.69) is 30.3 Å². The van der Waals surface area contributed by atoms with E-state index in [1.54, 1.807) is 0 Å². The van der Waals surface area contributed by atoms with Gasteiger partial charge >= 0.3 is 0 Å². The van der Waals surface area contributed by atoms with Gasteiger partial charge in [0.25, 0.3) is 0 Å². The zero-order chi connectivity index (χ0) is 11.6. The Hall–Kier alpha value is -0.860. The molecule has 1 aliphatic carbocycles. The van der Waals surface area contributed by atoms with Crippen LogP contribution in [0.1, 0.15) is 31.2 Å². The second kappa shape index (κ2) is 4.79. The summed E-state index contributed by atoms with van der Waals surface area (Å²) in [5.74, 6) is 0.273. The molecule has 0 amide bonds. The van der Waals surface area contributed by atoms with Crippen molar-refractivity contribution < 1.29 is 9.47 Å². The van der Waals surface area contributed by atoms with Crippen LogP contribution < -0.4 is 0 Å². The summed E-state index contributed by atoms with van der Waals surface area (Å²) < 4.78 is 11.9. The average molecular weight is 232 g/mol. The Balaban J connectivity index is 1.76. The summed E-state index contributed by atoms with van der Waals surface area (Å²) in [6, 6.07) is 10.7.